The molecule has 118 valence electrons. The molecule has 0 radical (unpaired) electrons. The van der Waals surface area contributed by atoms with Gasteiger partial charge in [-0.3, -0.25) is 9.20 Å². The number of rotatable bonds is 4. The summed E-state index contributed by atoms with van der Waals surface area (Å²) >= 11 is 6.01. The first-order valence-electron chi connectivity index (χ1n) is 7.60. The number of phenols is 1. The zero-order chi connectivity index (χ0) is 16.4. The van der Waals surface area contributed by atoms with Gasteiger partial charge in [0.05, 0.1) is 16.3 Å². The lowest BCUT2D eigenvalue weighted by molar-refractivity contribution is 0.475. The summed E-state index contributed by atoms with van der Waals surface area (Å²) in [5.41, 5.74) is 2.55. The van der Waals surface area contributed by atoms with E-state index < -0.39 is 0 Å². The van der Waals surface area contributed by atoms with Crippen LogP contribution in [0.4, 0.5) is 0 Å². The van der Waals surface area contributed by atoms with E-state index >= 15 is 0 Å². The zero-order valence-corrected chi connectivity index (χ0v) is 13.5. The lowest BCUT2D eigenvalue weighted by Gasteiger charge is -2.11. The molecule has 5 heteroatoms. The Balaban J connectivity index is 2.29. The molecule has 0 atom stereocenters. The number of aryl methyl sites for hydroxylation is 1. The highest BCUT2D eigenvalue weighted by atomic mass is 35.5. The van der Waals surface area contributed by atoms with Crippen molar-refractivity contribution in [2.75, 3.05) is 0 Å². The largest absolute Gasteiger partial charge is 0.508 e. The second-order valence-corrected chi connectivity index (χ2v) is 5.90. The number of pyridine rings is 1. The van der Waals surface area contributed by atoms with E-state index in [4.69, 9.17) is 11.6 Å². The highest BCUT2D eigenvalue weighted by molar-refractivity contribution is 6.30. The maximum atomic E-state index is 13.0. The number of unbranched alkanes of at least 4 members (excludes halogenated alkanes) is 1. The molecule has 0 unspecified atom stereocenters. The molecular weight excluding hydrogens is 312 g/mol. The van der Waals surface area contributed by atoms with E-state index in [1.165, 1.54) is 4.40 Å². The van der Waals surface area contributed by atoms with Crippen molar-refractivity contribution in [3.63, 3.8) is 0 Å². The van der Waals surface area contributed by atoms with Crippen LogP contribution in [0.15, 0.2) is 47.4 Å². The minimum Gasteiger partial charge on any atom is -0.508 e. The molecule has 0 saturated carbocycles. The van der Waals surface area contributed by atoms with Crippen LogP contribution in [0.3, 0.4) is 0 Å². The second kappa shape index (κ2) is 6.42. The van der Waals surface area contributed by atoms with E-state index in [1.54, 1.807) is 42.6 Å². The maximum Gasteiger partial charge on any atom is 0.266 e. The zero-order valence-electron chi connectivity index (χ0n) is 12.8. The third-order valence-electron chi connectivity index (χ3n) is 3.78. The summed E-state index contributed by atoms with van der Waals surface area (Å²) < 4.78 is 1.47. The van der Waals surface area contributed by atoms with Crippen LogP contribution in [-0.4, -0.2) is 14.5 Å². The third-order valence-corrected chi connectivity index (χ3v) is 4.01. The third kappa shape index (κ3) is 3.08. The summed E-state index contributed by atoms with van der Waals surface area (Å²) in [6, 6.07) is 10.1. The standard InChI is InChI=1S/C18H17ClN2O2/c1-2-3-4-15-17(12-5-8-14(22)9-6-12)18(23)21-11-13(19)7-10-16(21)20-15/h5-11,22H,2-4H2,1H3. The predicted molar refractivity (Wildman–Crippen MR) is 92.2 cm³/mol. The van der Waals surface area contributed by atoms with Gasteiger partial charge in [0.1, 0.15) is 11.4 Å². The van der Waals surface area contributed by atoms with Gasteiger partial charge in [-0.25, -0.2) is 4.98 Å². The van der Waals surface area contributed by atoms with Crippen LogP contribution in [0.1, 0.15) is 25.5 Å². The molecule has 0 spiro atoms. The van der Waals surface area contributed by atoms with E-state index in [1.807, 2.05) is 0 Å². The molecule has 4 nitrogen and oxygen atoms in total. The predicted octanol–water partition coefficient (Wildman–Crippen LogP) is 4.06. The quantitative estimate of drug-likeness (QED) is 0.785. The van der Waals surface area contributed by atoms with Gasteiger partial charge < -0.3 is 5.11 Å². The summed E-state index contributed by atoms with van der Waals surface area (Å²) in [6.45, 7) is 2.11. The molecular formula is C18H17ClN2O2. The molecule has 2 heterocycles. The Kier molecular flexibility index (Phi) is 4.35. The van der Waals surface area contributed by atoms with Crippen molar-refractivity contribution in [1.29, 1.82) is 0 Å². The van der Waals surface area contributed by atoms with Crippen LogP contribution in [0.5, 0.6) is 5.75 Å². The molecule has 0 aliphatic heterocycles. The van der Waals surface area contributed by atoms with E-state index in [2.05, 4.69) is 11.9 Å². The first kappa shape index (κ1) is 15.6. The van der Waals surface area contributed by atoms with Gasteiger partial charge in [0, 0.05) is 6.20 Å². The number of nitrogens with zero attached hydrogens (tertiary/aromatic N) is 2. The molecule has 3 rings (SSSR count). The second-order valence-electron chi connectivity index (χ2n) is 5.46. The number of benzene rings is 1. The fourth-order valence-corrected chi connectivity index (χ4v) is 2.76. The van der Waals surface area contributed by atoms with E-state index in [-0.39, 0.29) is 11.3 Å². The van der Waals surface area contributed by atoms with E-state index in [0.29, 0.717) is 16.2 Å². The summed E-state index contributed by atoms with van der Waals surface area (Å²) in [5, 5.41) is 9.96. The van der Waals surface area contributed by atoms with Crippen LogP contribution in [0.2, 0.25) is 5.02 Å². The molecule has 0 aliphatic rings. The molecule has 1 N–H and O–H groups in total. The van der Waals surface area contributed by atoms with Gasteiger partial charge in [0.15, 0.2) is 0 Å². The molecule has 0 amide bonds. The van der Waals surface area contributed by atoms with Gasteiger partial charge in [-0.05, 0) is 42.7 Å². The molecule has 2 aromatic heterocycles. The lowest BCUT2D eigenvalue weighted by Crippen LogP contribution is -2.20. The number of hydrogen-bond donors (Lipinski definition) is 1. The van der Waals surface area contributed by atoms with E-state index in [0.717, 1.165) is 30.5 Å². The fourth-order valence-electron chi connectivity index (χ4n) is 2.60. The van der Waals surface area contributed by atoms with Crippen LogP contribution in [0, 0.1) is 0 Å². The smallest absolute Gasteiger partial charge is 0.266 e. The Morgan fingerprint density at radius 2 is 1.91 bits per heavy atom. The topological polar surface area (TPSA) is 54.6 Å². The number of fused-ring (bicyclic) bond motifs is 1. The van der Waals surface area contributed by atoms with Crippen molar-refractivity contribution in [2.45, 2.75) is 26.2 Å². The van der Waals surface area contributed by atoms with Crippen molar-refractivity contribution in [1.82, 2.24) is 9.38 Å². The fraction of sp³-hybridized carbons (Fsp3) is 0.222. The average Bonchev–Trinajstić information content (AvgIpc) is 2.55. The molecule has 0 fully saturated rings. The van der Waals surface area contributed by atoms with Crippen LogP contribution >= 0.6 is 11.6 Å². The monoisotopic (exact) mass is 328 g/mol. The van der Waals surface area contributed by atoms with Gasteiger partial charge >= 0.3 is 0 Å². The van der Waals surface area contributed by atoms with Crippen molar-refractivity contribution < 1.29 is 5.11 Å². The van der Waals surface area contributed by atoms with E-state index in [9.17, 15) is 9.90 Å². The molecule has 0 bridgehead atoms. The molecule has 3 aromatic rings. The lowest BCUT2D eigenvalue weighted by atomic mass is 10.0. The Hall–Kier alpha value is -2.33. The maximum absolute atomic E-state index is 13.0. The first-order chi connectivity index (χ1) is 11.1. The van der Waals surface area contributed by atoms with Gasteiger partial charge in [-0.1, -0.05) is 37.1 Å². The van der Waals surface area contributed by atoms with Crippen molar-refractivity contribution >= 4 is 17.2 Å². The highest BCUT2D eigenvalue weighted by Crippen LogP contribution is 2.23. The minimum absolute atomic E-state index is 0.144. The summed E-state index contributed by atoms with van der Waals surface area (Å²) in [5.74, 6) is 0.167. The summed E-state index contributed by atoms with van der Waals surface area (Å²) in [6.07, 6.45) is 4.30. The highest BCUT2D eigenvalue weighted by Gasteiger charge is 2.14. The van der Waals surface area contributed by atoms with Gasteiger partial charge in [0.25, 0.3) is 5.56 Å². The number of hydrogen-bond acceptors (Lipinski definition) is 3. The average molecular weight is 329 g/mol. The first-order valence-corrected chi connectivity index (χ1v) is 7.98. The van der Waals surface area contributed by atoms with Crippen molar-refractivity contribution in [3.05, 3.63) is 63.7 Å². The number of aromatic hydroxyl groups is 1. The van der Waals surface area contributed by atoms with Crippen molar-refractivity contribution in [3.8, 4) is 16.9 Å². The molecule has 23 heavy (non-hydrogen) atoms. The van der Waals surface area contributed by atoms with Gasteiger partial charge in [-0.15, -0.1) is 0 Å². The number of halogens is 1. The molecule has 1 aromatic carbocycles. The van der Waals surface area contributed by atoms with Crippen molar-refractivity contribution in [2.24, 2.45) is 0 Å². The van der Waals surface area contributed by atoms with Gasteiger partial charge in [0.2, 0.25) is 0 Å². The SMILES string of the molecule is CCCCc1nc2ccc(Cl)cn2c(=O)c1-c1ccc(O)cc1. The number of aromatic nitrogens is 2. The Morgan fingerprint density at radius 3 is 2.61 bits per heavy atom. The van der Waals surface area contributed by atoms with Crippen LogP contribution < -0.4 is 5.56 Å². The number of phenolic OH excluding ortho intramolecular Hbond substituents is 1. The summed E-state index contributed by atoms with van der Waals surface area (Å²) in [7, 11) is 0. The van der Waals surface area contributed by atoms with Gasteiger partial charge in [-0.2, -0.15) is 0 Å². The summed E-state index contributed by atoms with van der Waals surface area (Å²) in [4.78, 5) is 17.6. The van der Waals surface area contributed by atoms with Crippen LogP contribution in [-0.2, 0) is 6.42 Å². The Morgan fingerprint density at radius 1 is 1.17 bits per heavy atom. The Bertz CT molecular complexity index is 901. The molecule has 0 saturated heterocycles. The Labute approximate surface area is 139 Å². The minimum atomic E-state index is -0.144. The van der Waals surface area contributed by atoms with Crippen LogP contribution in [0.25, 0.3) is 16.8 Å². The molecule has 0 aliphatic carbocycles. The normalized spacial score (nSPS) is 11.0.